The Balaban J connectivity index is 1.76. The molecule has 34 heavy (non-hydrogen) atoms. The van der Waals surface area contributed by atoms with Gasteiger partial charge in [-0.1, -0.05) is 52.0 Å². The fourth-order valence-electron chi connectivity index (χ4n) is 5.21. The molecule has 0 bridgehead atoms. The highest BCUT2D eigenvalue weighted by Crippen LogP contribution is 2.50. The van der Waals surface area contributed by atoms with Gasteiger partial charge in [0.25, 0.3) is 0 Å². The predicted molar refractivity (Wildman–Crippen MR) is 136 cm³/mol. The first kappa shape index (κ1) is 24.6. The Labute approximate surface area is 203 Å². The van der Waals surface area contributed by atoms with Crippen molar-refractivity contribution in [3.63, 3.8) is 0 Å². The second-order valence-corrected chi connectivity index (χ2v) is 11.1. The van der Waals surface area contributed by atoms with Crippen molar-refractivity contribution in [1.82, 2.24) is 20.1 Å². The molecule has 3 heterocycles. The van der Waals surface area contributed by atoms with E-state index < -0.39 is 11.2 Å². The molecule has 1 aromatic carbocycles. The average Bonchev–Trinajstić information content (AvgIpc) is 3.23. The minimum atomic E-state index is -1.19. The van der Waals surface area contributed by atoms with E-state index in [9.17, 15) is 10.2 Å². The van der Waals surface area contributed by atoms with Crippen molar-refractivity contribution in [3.05, 3.63) is 71.2 Å². The van der Waals surface area contributed by atoms with Gasteiger partial charge in [-0.3, -0.25) is 10.1 Å². The number of H-pyrrole nitrogens is 1. The van der Waals surface area contributed by atoms with Crippen molar-refractivity contribution in [1.29, 1.82) is 0 Å². The van der Waals surface area contributed by atoms with Gasteiger partial charge < -0.3 is 15.1 Å². The van der Waals surface area contributed by atoms with E-state index in [1.807, 2.05) is 12.1 Å². The summed E-state index contributed by atoms with van der Waals surface area (Å²) >= 11 is 0. The summed E-state index contributed by atoms with van der Waals surface area (Å²) in [6, 6.07) is 12.3. The van der Waals surface area contributed by atoms with Crippen molar-refractivity contribution < 1.29 is 10.2 Å². The fourth-order valence-corrected chi connectivity index (χ4v) is 5.21. The third kappa shape index (κ3) is 4.54. The molecule has 0 aliphatic carbocycles. The lowest BCUT2D eigenvalue weighted by Crippen LogP contribution is -2.64. The Morgan fingerprint density at radius 1 is 1.06 bits per heavy atom. The SMILES string of the molecule is CCN1CC(C)([C@](O)(c2ccc(C(C)C)cc2)c2cncc(-c3cc(CC(C)(C)O)[nH]n3)c2)C1. The van der Waals surface area contributed by atoms with Gasteiger partial charge in [-0.05, 0) is 49.6 Å². The zero-order chi connectivity index (χ0) is 24.7. The highest BCUT2D eigenvalue weighted by Gasteiger charge is 2.55. The van der Waals surface area contributed by atoms with Crippen LogP contribution in [0.4, 0.5) is 0 Å². The summed E-state index contributed by atoms with van der Waals surface area (Å²) in [6.07, 6.45) is 4.03. The number of hydrogen-bond acceptors (Lipinski definition) is 5. The molecule has 6 nitrogen and oxygen atoms in total. The maximum absolute atomic E-state index is 12.5. The molecule has 182 valence electrons. The Bertz CT molecular complexity index is 1120. The largest absolute Gasteiger partial charge is 0.390 e. The van der Waals surface area contributed by atoms with Crippen LogP contribution in [0.25, 0.3) is 11.3 Å². The number of aromatic amines is 1. The second-order valence-electron chi connectivity index (χ2n) is 11.1. The van der Waals surface area contributed by atoms with E-state index in [0.29, 0.717) is 12.3 Å². The van der Waals surface area contributed by atoms with Gasteiger partial charge in [0.15, 0.2) is 0 Å². The number of aliphatic hydroxyl groups is 2. The van der Waals surface area contributed by atoms with E-state index in [4.69, 9.17) is 0 Å². The molecule has 0 spiro atoms. The van der Waals surface area contributed by atoms with Gasteiger partial charge >= 0.3 is 0 Å². The van der Waals surface area contributed by atoms with Crippen LogP contribution in [-0.2, 0) is 12.0 Å². The summed E-state index contributed by atoms with van der Waals surface area (Å²) in [6.45, 7) is 14.8. The van der Waals surface area contributed by atoms with Crippen molar-refractivity contribution in [2.75, 3.05) is 19.6 Å². The molecule has 0 radical (unpaired) electrons. The van der Waals surface area contributed by atoms with E-state index in [1.165, 1.54) is 5.56 Å². The molecule has 2 aromatic heterocycles. The maximum Gasteiger partial charge on any atom is 0.124 e. The Morgan fingerprint density at radius 2 is 1.74 bits per heavy atom. The normalized spacial score (nSPS) is 18.0. The summed E-state index contributed by atoms with van der Waals surface area (Å²) in [5, 5.41) is 30.1. The van der Waals surface area contributed by atoms with Crippen LogP contribution in [0, 0.1) is 5.41 Å². The van der Waals surface area contributed by atoms with Crippen LogP contribution in [-0.4, -0.2) is 55.5 Å². The highest BCUT2D eigenvalue weighted by atomic mass is 16.3. The lowest BCUT2D eigenvalue weighted by molar-refractivity contribution is -0.134. The Morgan fingerprint density at radius 3 is 2.32 bits per heavy atom. The summed E-state index contributed by atoms with van der Waals surface area (Å²) < 4.78 is 0. The molecule has 6 heteroatoms. The molecule has 3 aromatic rings. The number of likely N-dealkylation sites (tertiary alicyclic amines) is 1. The van der Waals surface area contributed by atoms with Crippen LogP contribution in [0.1, 0.15) is 69.8 Å². The van der Waals surface area contributed by atoms with Crippen LogP contribution in [0.15, 0.2) is 48.8 Å². The highest BCUT2D eigenvalue weighted by molar-refractivity contribution is 5.60. The van der Waals surface area contributed by atoms with Crippen LogP contribution < -0.4 is 0 Å². The topological polar surface area (TPSA) is 85.3 Å². The fraction of sp³-hybridized carbons (Fsp3) is 0.500. The number of hydrogen-bond donors (Lipinski definition) is 3. The van der Waals surface area contributed by atoms with Crippen molar-refractivity contribution in [2.45, 2.75) is 65.1 Å². The van der Waals surface area contributed by atoms with Gasteiger partial charge in [-0.2, -0.15) is 5.10 Å². The quantitative estimate of drug-likeness (QED) is 0.459. The van der Waals surface area contributed by atoms with Gasteiger partial charge in [-0.15, -0.1) is 0 Å². The molecular formula is C28H38N4O2. The monoisotopic (exact) mass is 462 g/mol. The number of nitrogens with zero attached hydrogens (tertiary/aromatic N) is 3. The van der Waals surface area contributed by atoms with E-state index in [2.05, 4.69) is 72.0 Å². The molecule has 1 saturated heterocycles. The first-order chi connectivity index (χ1) is 15.9. The molecule has 1 fully saturated rings. The van der Waals surface area contributed by atoms with Crippen molar-refractivity contribution >= 4 is 0 Å². The van der Waals surface area contributed by atoms with E-state index in [0.717, 1.165) is 47.7 Å². The summed E-state index contributed by atoms with van der Waals surface area (Å²) in [4.78, 5) is 6.87. The predicted octanol–water partition coefficient (Wildman–Crippen LogP) is 4.49. The second kappa shape index (κ2) is 8.91. The molecule has 0 unspecified atom stereocenters. The van der Waals surface area contributed by atoms with Gasteiger partial charge in [-0.25, -0.2) is 0 Å². The molecule has 0 amide bonds. The van der Waals surface area contributed by atoms with Crippen LogP contribution in [0.3, 0.4) is 0 Å². The van der Waals surface area contributed by atoms with E-state index in [-0.39, 0.29) is 5.41 Å². The zero-order valence-electron chi connectivity index (χ0n) is 21.3. The van der Waals surface area contributed by atoms with E-state index in [1.54, 1.807) is 26.2 Å². The van der Waals surface area contributed by atoms with Crippen LogP contribution in [0.5, 0.6) is 0 Å². The molecule has 1 aliphatic rings. The number of rotatable bonds is 8. The first-order valence-corrected chi connectivity index (χ1v) is 12.2. The third-order valence-electron chi connectivity index (χ3n) is 7.17. The Kier molecular flexibility index (Phi) is 6.44. The lowest BCUT2D eigenvalue weighted by atomic mass is 9.62. The number of pyridine rings is 1. The third-order valence-corrected chi connectivity index (χ3v) is 7.17. The Hall–Kier alpha value is -2.54. The average molecular weight is 463 g/mol. The van der Waals surface area contributed by atoms with Gasteiger partial charge in [0.1, 0.15) is 5.60 Å². The summed E-state index contributed by atoms with van der Waals surface area (Å²) in [5.74, 6) is 0.430. The molecular weight excluding hydrogens is 424 g/mol. The van der Waals surface area contributed by atoms with Crippen molar-refractivity contribution in [2.24, 2.45) is 5.41 Å². The van der Waals surface area contributed by atoms with Crippen molar-refractivity contribution in [3.8, 4) is 11.3 Å². The van der Waals surface area contributed by atoms with Gasteiger partial charge in [0.05, 0.1) is 11.3 Å². The maximum atomic E-state index is 12.5. The number of benzene rings is 1. The molecule has 3 N–H and O–H groups in total. The molecule has 4 rings (SSSR count). The number of nitrogens with one attached hydrogen (secondary N) is 1. The van der Waals surface area contributed by atoms with Gasteiger partial charge in [0.2, 0.25) is 0 Å². The number of aromatic nitrogens is 3. The van der Waals surface area contributed by atoms with Gasteiger partial charge in [0, 0.05) is 54.1 Å². The summed E-state index contributed by atoms with van der Waals surface area (Å²) in [5.41, 5.74) is 2.99. The standard InChI is InChI=1S/C28H38N4O2/c1-7-32-17-27(6,18-32)28(34,22-10-8-20(9-11-22)19(2)3)23-12-21(15-29-16-23)25-13-24(30-31-25)14-26(4,5)33/h8-13,15-16,19,33-34H,7,14,17-18H2,1-6H3,(H,30,31)/t28-/m0/s1. The molecule has 1 atom stereocenters. The minimum Gasteiger partial charge on any atom is -0.390 e. The molecule has 1 aliphatic heterocycles. The molecule has 0 saturated carbocycles. The zero-order valence-corrected chi connectivity index (χ0v) is 21.3. The van der Waals surface area contributed by atoms with Crippen LogP contribution in [0.2, 0.25) is 0 Å². The first-order valence-electron chi connectivity index (χ1n) is 12.2. The smallest absolute Gasteiger partial charge is 0.124 e. The van der Waals surface area contributed by atoms with Crippen LogP contribution >= 0.6 is 0 Å². The lowest BCUT2D eigenvalue weighted by Gasteiger charge is -2.56. The van der Waals surface area contributed by atoms with E-state index >= 15 is 0 Å². The summed E-state index contributed by atoms with van der Waals surface area (Å²) in [7, 11) is 0. The minimum absolute atomic E-state index is 0.347.